The molecule has 0 amide bonds. The molecule has 0 N–H and O–H groups in total. The molecule has 3 heterocycles. The number of carbonyl (C=O) groups is 1. The highest BCUT2D eigenvalue weighted by molar-refractivity contribution is 5.88. The van der Waals surface area contributed by atoms with E-state index in [1.807, 2.05) is 6.07 Å². The lowest BCUT2D eigenvalue weighted by molar-refractivity contribution is 0.0520. The van der Waals surface area contributed by atoms with Crippen LogP contribution in [0.25, 0.3) is 16.9 Å². The van der Waals surface area contributed by atoms with Crippen LogP contribution >= 0.6 is 0 Å². The molecule has 0 saturated heterocycles. The molecular weight excluding hydrogens is 350 g/mol. The molecule has 0 aromatic carbocycles. The van der Waals surface area contributed by atoms with Crippen molar-refractivity contribution < 1.29 is 19.0 Å². The molecule has 1 fully saturated rings. The minimum atomic E-state index is -0.461. The highest BCUT2D eigenvalue weighted by atomic mass is 16.5. The van der Waals surface area contributed by atoms with E-state index in [-0.39, 0.29) is 11.7 Å². The number of esters is 1. The van der Waals surface area contributed by atoms with Crippen molar-refractivity contribution in [1.82, 2.24) is 24.6 Å². The monoisotopic (exact) mass is 369 g/mol. The summed E-state index contributed by atoms with van der Waals surface area (Å²) in [6, 6.07) is 2.18. The van der Waals surface area contributed by atoms with Crippen molar-refractivity contribution in [3.8, 4) is 23.1 Å². The quantitative estimate of drug-likeness (QED) is 0.610. The summed E-state index contributed by atoms with van der Waals surface area (Å²) in [4.78, 5) is 24.9. The molecule has 0 bridgehead atoms. The number of nitrogens with zero attached hydrogens (tertiary/aromatic N) is 5. The van der Waals surface area contributed by atoms with Gasteiger partial charge >= 0.3 is 12.0 Å². The zero-order valence-corrected chi connectivity index (χ0v) is 15.3. The Hall–Kier alpha value is -3.23. The Kier molecular flexibility index (Phi) is 4.35. The number of methoxy groups -OCH3 is 2. The van der Waals surface area contributed by atoms with E-state index in [1.54, 1.807) is 23.8 Å². The average molecular weight is 369 g/mol. The van der Waals surface area contributed by atoms with Crippen LogP contribution in [0, 0.1) is 0 Å². The van der Waals surface area contributed by atoms with Gasteiger partial charge < -0.3 is 14.2 Å². The molecule has 0 unspecified atom stereocenters. The van der Waals surface area contributed by atoms with Crippen LogP contribution in [0.5, 0.6) is 11.9 Å². The average Bonchev–Trinajstić information content (AvgIpc) is 3.44. The zero-order valence-electron chi connectivity index (χ0n) is 15.3. The fraction of sp³-hybridized carbons (Fsp3) is 0.389. The Labute approximate surface area is 155 Å². The molecule has 9 nitrogen and oxygen atoms in total. The van der Waals surface area contributed by atoms with Crippen LogP contribution in [0.4, 0.5) is 0 Å². The summed E-state index contributed by atoms with van der Waals surface area (Å²) >= 11 is 0. The first-order chi connectivity index (χ1) is 13.1. The minimum absolute atomic E-state index is 0.214. The summed E-state index contributed by atoms with van der Waals surface area (Å²) in [5.74, 6) is 0.301. The first-order valence-corrected chi connectivity index (χ1v) is 8.67. The molecule has 9 heteroatoms. The van der Waals surface area contributed by atoms with Crippen molar-refractivity contribution in [3.63, 3.8) is 0 Å². The van der Waals surface area contributed by atoms with Crippen LogP contribution in [0.1, 0.15) is 41.7 Å². The van der Waals surface area contributed by atoms with Gasteiger partial charge in [0.2, 0.25) is 5.88 Å². The Morgan fingerprint density at radius 2 is 2.07 bits per heavy atom. The molecule has 4 rings (SSSR count). The lowest BCUT2D eigenvalue weighted by atomic mass is 10.1. The first kappa shape index (κ1) is 17.2. The SMILES string of the molecule is CCOC(=O)c1cn2nc(-c3cnc(OC)nc3OC)cc(C3CC3)c2n1. The first-order valence-electron chi connectivity index (χ1n) is 8.67. The molecule has 0 spiro atoms. The number of rotatable bonds is 6. The van der Waals surface area contributed by atoms with Crippen LogP contribution in [-0.2, 0) is 4.74 Å². The van der Waals surface area contributed by atoms with E-state index >= 15 is 0 Å². The third kappa shape index (κ3) is 3.16. The van der Waals surface area contributed by atoms with E-state index in [4.69, 9.17) is 14.2 Å². The van der Waals surface area contributed by atoms with Crippen LogP contribution < -0.4 is 9.47 Å². The molecule has 0 atom stereocenters. The van der Waals surface area contributed by atoms with Crippen molar-refractivity contribution in [2.45, 2.75) is 25.7 Å². The second kappa shape index (κ2) is 6.82. The van der Waals surface area contributed by atoms with Gasteiger partial charge in [0, 0.05) is 11.8 Å². The van der Waals surface area contributed by atoms with E-state index in [0.29, 0.717) is 35.3 Å². The second-order valence-electron chi connectivity index (χ2n) is 6.15. The van der Waals surface area contributed by atoms with Crippen molar-refractivity contribution in [2.75, 3.05) is 20.8 Å². The normalized spacial score (nSPS) is 13.6. The number of fused-ring (bicyclic) bond motifs is 1. The summed E-state index contributed by atoms with van der Waals surface area (Å²) in [6.45, 7) is 2.05. The molecule has 0 radical (unpaired) electrons. The molecule has 0 aliphatic heterocycles. The Morgan fingerprint density at radius 3 is 2.74 bits per heavy atom. The molecule has 1 aliphatic carbocycles. The van der Waals surface area contributed by atoms with Crippen molar-refractivity contribution in [2.24, 2.45) is 0 Å². The summed E-state index contributed by atoms with van der Waals surface area (Å²) in [6.07, 6.45) is 5.35. The second-order valence-corrected chi connectivity index (χ2v) is 6.15. The number of hydrogen-bond acceptors (Lipinski definition) is 8. The van der Waals surface area contributed by atoms with Gasteiger partial charge in [-0.05, 0) is 31.7 Å². The van der Waals surface area contributed by atoms with Crippen LogP contribution in [-0.4, -0.2) is 51.4 Å². The number of imidazole rings is 1. The van der Waals surface area contributed by atoms with Crippen molar-refractivity contribution in [1.29, 1.82) is 0 Å². The lowest BCUT2D eigenvalue weighted by Gasteiger charge is -2.10. The van der Waals surface area contributed by atoms with Crippen LogP contribution in [0.15, 0.2) is 18.5 Å². The highest BCUT2D eigenvalue weighted by Crippen LogP contribution is 2.43. The Bertz CT molecular complexity index is 1010. The van der Waals surface area contributed by atoms with Gasteiger partial charge in [-0.25, -0.2) is 19.3 Å². The topological polar surface area (TPSA) is 101 Å². The van der Waals surface area contributed by atoms with Gasteiger partial charge in [-0.3, -0.25) is 0 Å². The maximum atomic E-state index is 12.1. The highest BCUT2D eigenvalue weighted by Gasteiger charge is 2.29. The fourth-order valence-corrected chi connectivity index (χ4v) is 2.91. The van der Waals surface area contributed by atoms with Crippen LogP contribution in [0.3, 0.4) is 0 Å². The molecular formula is C18H19N5O4. The molecule has 140 valence electrons. The maximum absolute atomic E-state index is 12.1. The summed E-state index contributed by atoms with van der Waals surface area (Å²) in [7, 11) is 3.02. The van der Waals surface area contributed by atoms with Crippen LogP contribution in [0.2, 0.25) is 0 Å². The van der Waals surface area contributed by atoms with Gasteiger partial charge in [0.1, 0.15) is 0 Å². The molecule has 1 aliphatic rings. The van der Waals surface area contributed by atoms with E-state index in [2.05, 4.69) is 20.1 Å². The fourth-order valence-electron chi connectivity index (χ4n) is 2.91. The van der Waals surface area contributed by atoms with Gasteiger partial charge in [0.25, 0.3) is 0 Å². The predicted octanol–water partition coefficient (Wildman–Crippen LogP) is 2.26. The molecule has 3 aromatic rings. The van der Waals surface area contributed by atoms with E-state index in [9.17, 15) is 4.79 Å². The maximum Gasteiger partial charge on any atom is 0.358 e. The van der Waals surface area contributed by atoms with Gasteiger partial charge in [0.15, 0.2) is 11.3 Å². The summed E-state index contributed by atoms with van der Waals surface area (Å²) < 4.78 is 17.1. The number of hydrogen-bond donors (Lipinski definition) is 0. The minimum Gasteiger partial charge on any atom is -0.480 e. The molecule has 3 aromatic heterocycles. The van der Waals surface area contributed by atoms with Gasteiger partial charge in [0.05, 0.1) is 38.3 Å². The van der Waals surface area contributed by atoms with Gasteiger partial charge in [-0.15, -0.1) is 0 Å². The predicted molar refractivity (Wildman–Crippen MR) is 95.0 cm³/mol. The van der Waals surface area contributed by atoms with E-state index in [0.717, 1.165) is 18.4 Å². The number of carbonyl (C=O) groups excluding carboxylic acids is 1. The van der Waals surface area contributed by atoms with Crippen molar-refractivity contribution in [3.05, 3.63) is 29.7 Å². The number of aromatic nitrogens is 5. The van der Waals surface area contributed by atoms with Gasteiger partial charge in [-0.2, -0.15) is 10.1 Å². The lowest BCUT2D eigenvalue weighted by Crippen LogP contribution is -2.04. The summed E-state index contributed by atoms with van der Waals surface area (Å²) in [5, 5.41) is 4.59. The van der Waals surface area contributed by atoms with E-state index in [1.165, 1.54) is 14.2 Å². The smallest absolute Gasteiger partial charge is 0.358 e. The third-order valence-corrected chi connectivity index (χ3v) is 4.34. The van der Waals surface area contributed by atoms with E-state index < -0.39 is 5.97 Å². The van der Waals surface area contributed by atoms with Gasteiger partial charge in [-0.1, -0.05) is 0 Å². The largest absolute Gasteiger partial charge is 0.480 e. The third-order valence-electron chi connectivity index (χ3n) is 4.34. The zero-order chi connectivity index (χ0) is 19.0. The standard InChI is InChI=1S/C18H19N5O4/c1-4-27-17(24)14-9-23-15(20-14)11(10-5-6-10)7-13(22-23)12-8-19-18(26-3)21-16(12)25-2/h7-10H,4-6H2,1-3H3. The Morgan fingerprint density at radius 1 is 1.26 bits per heavy atom. The molecule has 27 heavy (non-hydrogen) atoms. The number of ether oxygens (including phenoxy) is 3. The Balaban J connectivity index is 1.86. The van der Waals surface area contributed by atoms with Crippen molar-refractivity contribution >= 4 is 11.6 Å². The summed E-state index contributed by atoms with van der Waals surface area (Å²) in [5.41, 5.74) is 3.21. The molecule has 1 saturated carbocycles.